The maximum atomic E-state index is 11.2. The summed E-state index contributed by atoms with van der Waals surface area (Å²) in [5, 5.41) is 9.61. The first-order chi connectivity index (χ1) is 8.04. The van der Waals surface area contributed by atoms with E-state index in [-0.39, 0.29) is 5.92 Å². The third-order valence-corrected chi connectivity index (χ3v) is 5.24. The zero-order chi connectivity index (χ0) is 12.8. The molecule has 3 atom stereocenters. The summed E-state index contributed by atoms with van der Waals surface area (Å²) >= 11 is 1.90. The number of carboxylic acid groups (broad SMARTS) is 1. The Balaban J connectivity index is 2.46. The standard InChI is InChI=1S/C14H26O2S/c1-4-11-5-6-12(14(15)16)13(9-11)17-8-7-10(2)3/h10-13H,4-9H2,1-3H3,(H,15,16). The SMILES string of the molecule is CCC1CCC(C(=O)O)C(SCCC(C)C)C1. The summed E-state index contributed by atoms with van der Waals surface area (Å²) in [6.45, 7) is 6.68. The van der Waals surface area contributed by atoms with Crippen molar-refractivity contribution in [2.24, 2.45) is 17.8 Å². The lowest BCUT2D eigenvalue weighted by atomic mass is 9.80. The summed E-state index contributed by atoms with van der Waals surface area (Å²) in [6.07, 6.45) is 5.50. The summed E-state index contributed by atoms with van der Waals surface area (Å²) in [6, 6.07) is 0. The number of aliphatic carboxylic acids is 1. The van der Waals surface area contributed by atoms with E-state index in [4.69, 9.17) is 0 Å². The normalized spacial score (nSPS) is 29.5. The Morgan fingerprint density at radius 3 is 2.65 bits per heavy atom. The molecular formula is C14H26O2S. The molecule has 1 aliphatic rings. The Morgan fingerprint density at radius 1 is 1.41 bits per heavy atom. The van der Waals surface area contributed by atoms with Crippen molar-refractivity contribution >= 4 is 17.7 Å². The van der Waals surface area contributed by atoms with Gasteiger partial charge in [0.2, 0.25) is 0 Å². The van der Waals surface area contributed by atoms with E-state index in [1.165, 1.54) is 12.8 Å². The number of hydrogen-bond donors (Lipinski definition) is 1. The Hall–Kier alpha value is -0.180. The second-order valence-electron chi connectivity index (χ2n) is 5.62. The van der Waals surface area contributed by atoms with Gasteiger partial charge in [0.15, 0.2) is 0 Å². The van der Waals surface area contributed by atoms with Gasteiger partial charge in [-0.1, -0.05) is 27.2 Å². The summed E-state index contributed by atoms with van der Waals surface area (Å²) in [7, 11) is 0. The lowest BCUT2D eigenvalue weighted by Gasteiger charge is -2.33. The van der Waals surface area contributed by atoms with E-state index in [9.17, 15) is 9.90 Å². The molecule has 1 rings (SSSR count). The van der Waals surface area contributed by atoms with Crippen molar-refractivity contribution in [2.75, 3.05) is 5.75 Å². The molecule has 0 aromatic carbocycles. The molecule has 0 radical (unpaired) electrons. The first-order valence-corrected chi connectivity index (χ1v) is 7.93. The maximum Gasteiger partial charge on any atom is 0.307 e. The second kappa shape index (κ2) is 7.30. The van der Waals surface area contributed by atoms with Crippen molar-refractivity contribution in [3.05, 3.63) is 0 Å². The third kappa shape index (κ3) is 4.90. The first-order valence-electron chi connectivity index (χ1n) is 6.89. The van der Waals surface area contributed by atoms with Gasteiger partial charge in [-0.3, -0.25) is 4.79 Å². The lowest BCUT2D eigenvalue weighted by molar-refractivity contribution is -0.142. The van der Waals surface area contributed by atoms with Crippen LogP contribution in [0.15, 0.2) is 0 Å². The van der Waals surface area contributed by atoms with E-state index in [2.05, 4.69) is 20.8 Å². The summed E-state index contributed by atoms with van der Waals surface area (Å²) in [5.74, 6) is 1.90. The fraction of sp³-hybridized carbons (Fsp3) is 0.929. The minimum Gasteiger partial charge on any atom is -0.481 e. The van der Waals surface area contributed by atoms with Crippen molar-refractivity contribution < 1.29 is 9.90 Å². The molecule has 0 bridgehead atoms. The van der Waals surface area contributed by atoms with E-state index in [0.717, 1.165) is 36.9 Å². The van der Waals surface area contributed by atoms with Crippen LogP contribution in [-0.4, -0.2) is 22.1 Å². The number of carbonyl (C=O) groups is 1. The van der Waals surface area contributed by atoms with Gasteiger partial charge in [0, 0.05) is 5.25 Å². The molecule has 2 nitrogen and oxygen atoms in total. The topological polar surface area (TPSA) is 37.3 Å². The molecule has 100 valence electrons. The molecule has 0 spiro atoms. The number of thioether (sulfide) groups is 1. The number of hydrogen-bond acceptors (Lipinski definition) is 2. The number of rotatable bonds is 6. The maximum absolute atomic E-state index is 11.2. The first kappa shape index (κ1) is 14.9. The highest BCUT2D eigenvalue weighted by molar-refractivity contribution is 7.99. The highest BCUT2D eigenvalue weighted by Crippen LogP contribution is 2.38. The third-order valence-electron chi connectivity index (χ3n) is 3.82. The van der Waals surface area contributed by atoms with Crippen LogP contribution in [0.2, 0.25) is 0 Å². The van der Waals surface area contributed by atoms with E-state index in [0.29, 0.717) is 5.25 Å². The molecule has 1 N–H and O–H groups in total. The molecule has 3 heteroatoms. The average molecular weight is 258 g/mol. The fourth-order valence-corrected chi connectivity index (χ4v) is 4.31. The van der Waals surface area contributed by atoms with E-state index < -0.39 is 5.97 Å². The quantitative estimate of drug-likeness (QED) is 0.781. The minimum atomic E-state index is -0.582. The lowest BCUT2D eigenvalue weighted by Crippen LogP contribution is -2.33. The van der Waals surface area contributed by atoms with E-state index >= 15 is 0 Å². The van der Waals surface area contributed by atoms with Gasteiger partial charge in [-0.05, 0) is 43.3 Å². The van der Waals surface area contributed by atoms with Crippen molar-refractivity contribution in [1.29, 1.82) is 0 Å². The molecule has 1 fully saturated rings. The minimum absolute atomic E-state index is 0.102. The van der Waals surface area contributed by atoms with Gasteiger partial charge in [-0.15, -0.1) is 0 Å². The predicted octanol–water partition coefficient (Wildman–Crippen LogP) is 4.05. The molecule has 0 aromatic rings. The van der Waals surface area contributed by atoms with Gasteiger partial charge < -0.3 is 5.11 Å². The molecular weight excluding hydrogens is 232 g/mol. The van der Waals surface area contributed by atoms with Crippen molar-refractivity contribution in [2.45, 2.75) is 58.1 Å². The summed E-state index contributed by atoms with van der Waals surface area (Å²) in [4.78, 5) is 11.2. The Labute approximate surface area is 110 Å². The summed E-state index contributed by atoms with van der Waals surface area (Å²) < 4.78 is 0. The summed E-state index contributed by atoms with van der Waals surface area (Å²) in [5.41, 5.74) is 0. The molecule has 0 heterocycles. The monoisotopic (exact) mass is 258 g/mol. The van der Waals surface area contributed by atoms with Gasteiger partial charge in [0.05, 0.1) is 5.92 Å². The van der Waals surface area contributed by atoms with Crippen LogP contribution in [0.4, 0.5) is 0 Å². The molecule has 0 saturated heterocycles. The van der Waals surface area contributed by atoms with Crippen LogP contribution >= 0.6 is 11.8 Å². The number of carboxylic acids is 1. The van der Waals surface area contributed by atoms with Crippen LogP contribution in [0.1, 0.15) is 52.9 Å². The van der Waals surface area contributed by atoms with Crippen molar-refractivity contribution in [3.63, 3.8) is 0 Å². The average Bonchev–Trinajstić information content (AvgIpc) is 2.28. The van der Waals surface area contributed by atoms with E-state index in [1.807, 2.05) is 11.8 Å². The van der Waals surface area contributed by atoms with Crippen LogP contribution in [-0.2, 0) is 4.79 Å². The molecule has 0 aromatic heterocycles. The van der Waals surface area contributed by atoms with Gasteiger partial charge in [-0.2, -0.15) is 11.8 Å². The Morgan fingerprint density at radius 2 is 2.12 bits per heavy atom. The molecule has 1 aliphatic carbocycles. The second-order valence-corrected chi connectivity index (χ2v) is 6.97. The zero-order valence-corrected chi connectivity index (χ0v) is 12.1. The van der Waals surface area contributed by atoms with Gasteiger partial charge in [-0.25, -0.2) is 0 Å². The van der Waals surface area contributed by atoms with Gasteiger partial charge >= 0.3 is 5.97 Å². The molecule has 0 amide bonds. The highest BCUT2D eigenvalue weighted by atomic mass is 32.2. The van der Waals surface area contributed by atoms with Crippen LogP contribution in [0.25, 0.3) is 0 Å². The molecule has 3 unspecified atom stereocenters. The van der Waals surface area contributed by atoms with Gasteiger partial charge in [0.25, 0.3) is 0 Å². The fourth-order valence-electron chi connectivity index (χ4n) is 2.50. The Kier molecular flexibility index (Phi) is 6.39. The van der Waals surface area contributed by atoms with Crippen molar-refractivity contribution in [1.82, 2.24) is 0 Å². The smallest absolute Gasteiger partial charge is 0.307 e. The largest absolute Gasteiger partial charge is 0.481 e. The van der Waals surface area contributed by atoms with Crippen molar-refractivity contribution in [3.8, 4) is 0 Å². The molecule has 0 aliphatic heterocycles. The van der Waals surface area contributed by atoms with E-state index in [1.54, 1.807) is 0 Å². The van der Waals surface area contributed by atoms with Crippen LogP contribution in [0.3, 0.4) is 0 Å². The van der Waals surface area contributed by atoms with Crippen LogP contribution in [0, 0.1) is 17.8 Å². The zero-order valence-electron chi connectivity index (χ0n) is 11.3. The van der Waals surface area contributed by atoms with Crippen LogP contribution < -0.4 is 0 Å². The van der Waals surface area contributed by atoms with Crippen LogP contribution in [0.5, 0.6) is 0 Å². The van der Waals surface area contributed by atoms with Gasteiger partial charge in [0.1, 0.15) is 0 Å². The highest BCUT2D eigenvalue weighted by Gasteiger charge is 2.34. The predicted molar refractivity (Wildman–Crippen MR) is 74.5 cm³/mol. The Bertz CT molecular complexity index is 240. The molecule has 17 heavy (non-hydrogen) atoms. The molecule has 1 saturated carbocycles.